The van der Waals surface area contributed by atoms with Crippen molar-refractivity contribution in [2.75, 3.05) is 13.2 Å². The van der Waals surface area contributed by atoms with E-state index in [-0.39, 0.29) is 12.4 Å². The van der Waals surface area contributed by atoms with E-state index in [2.05, 4.69) is 16.8 Å². The summed E-state index contributed by atoms with van der Waals surface area (Å²) < 4.78 is 24.6. The Morgan fingerprint density at radius 3 is 2.79 bits per heavy atom. The molecule has 2 N–H and O–H groups in total. The summed E-state index contributed by atoms with van der Waals surface area (Å²) in [6.45, 7) is 1.40. The average Bonchev–Trinajstić information content (AvgIpc) is 3.36. The zero-order valence-electron chi connectivity index (χ0n) is 15.1. The minimum absolute atomic E-state index is 0.207. The second kappa shape index (κ2) is 8.56. The highest BCUT2D eigenvalue weighted by Gasteiger charge is 2.10. The van der Waals surface area contributed by atoms with Gasteiger partial charge in [0.25, 0.3) is 0 Å². The van der Waals surface area contributed by atoms with Crippen molar-refractivity contribution in [3.63, 3.8) is 0 Å². The maximum Gasteiger partial charge on any atom is 0.141 e. The van der Waals surface area contributed by atoms with Gasteiger partial charge >= 0.3 is 0 Å². The van der Waals surface area contributed by atoms with E-state index in [0.29, 0.717) is 18.1 Å². The number of thiophene rings is 1. The van der Waals surface area contributed by atoms with Gasteiger partial charge in [0.15, 0.2) is 0 Å². The summed E-state index contributed by atoms with van der Waals surface area (Å²) in [4.78, 5) is 0. The molecule has 0 aliphatic carbocycles. The van der Waals surface area contributed by atoms with Gasteiger partial charge in [0.1, 0.15) is 30.0 Å². The van der Waals surface area contributed by atoms with E-state index in [4.69, 9.17) is 9.15 Å². The first-order chi connectivity index (χ1) is 13.7. The fraction of sp³-hybridized carbons (Fsp3) is 0.182. The van der Waals surface area contributed by atoms with E-state index >= 15 is 0 Å². The van der Waals surface area contributed by atoms with Gasteiger partial charge in [-0.2, -0.15) is 11.3 Å². The van der Waals surface area contributed by atoms with Crippen LogP contribution >= 0.6 is 11.3 Å². The second-order valence-electron chi connectivity index (χ2n) is 6.55. The Bertz CT molecular complexity index is 1030. The molecular formula is C22H20FNO3S. The molecular weight excluding hydrogens is 377 g/mol. The maximum absolute atomic E-state index is 13.3. The third-order valence-corrected chi connectivity index (χ3v) is 5.14. The van der Waals surface area contributed by atoms with E-state index in [0.717, 1.165) is 22.9 Å². The van der Waals surface area contributed by atoms with Crippen LogP contribution in [0.15, 0.2) is 70.0 Å². The summed E-state index contributed by atoms with van der Waals surface area (Å²) >= 11 is 1.66. The molecule has 4 aromatic rings. The van der Waals surface area contributed by atoms with Crippen LogP contribution in [-0.4, -0.2) is 24.4 Å². The van der Waals surface area contributed by atoms with Crippen LogP contribution in [0.3, 0.4) is 0 Å². The average molecular weight is 397 g/mol. The summed E-state index contributed by atoms with van der Waals surface area (Å²) in [6.07, 6.45) is 0.958. The number of hydrogen-bond acceptors (Lipinski definition) is 5. The fourth-order valence-electron chi connectivity index (χ4n) is 2.98. The van der Waals surface area contributed by atoms with E-state index in [1.54, 1.807) is 23.7 Å². The normalized spacial score (nSPS) is 12.4. The monoisotopic (exact) mass is 397 g/mol. The molecule has 2 heterocycles. The quantitative estimate of drug-likeness (QED) is 0.447. The first kappa shape index (κ1) is 18.7. The molecule has 0 aliphatic rings. The zero-order valence-corrected chi connectivity index (χ0v) is 15.9. The lowest BCUT2D eigenvalue weighted by Crippen LogP contribution is -2.31. The fourth-order valence-corrected chi connectivity index (χ4v) is 3.65. The minimum atomic E-state index is -0.595. The molecule has 2 aromatic carbocycles. The number of aliphatic hydroxyl groups is 1. The van der Waals surface area contributed by atoms with Crippen LogP contribution in [0, 0.1) is 5.82 Å². The van der Waals surface area contributed by atoms with Crippen molar-refractivity contribution in [1.29, 1.82) is 0 Å². The van der Waals surface area contributed by atoms with E-state index in [1.807, 2.05) is 29.6 Å². The van der Waals surface area contributed by atoms with E-state index in [1.165, 1.54) is 17.7 Å². The van der Waals surface area contributed by atoms with Gasteiger partial charge in [-0.1, -0.05) is 0 Å². The molecule has 4 nitrogen and oxygen atoms in total. The van der Waals surface area contributed by atoms with E-state index < -0.39 is 6.10 Å². The summed E-state index contributed by atoms with van der Waals surface area (Å²) in [5, 5.41) is 19.0. The highest BCUT2D eigenvalue weighted by molar-refractivity contribution is 7.07. The number of nitrogens with one attached hydrogen (secondary N) is 1. The molecule has 0 amide bonds. The number of ether oxygens (including phenoxy) is 1. The van der Waals surface area contributed by atoms with E-state index in [9.17, 15) is 9.50 Å². The molecule has 0 bridgehead atoms. The number of benzene rings is 2. The van der Waals surface area contributed by atoms with Gasteiger partial charge in [0.05, 0.1) is 6.26 Å². The number of furan rings is 1. The highest BCUT2D eigenvalue weighted by atomic mass is 32.1. The van der Waals surface area contributed by atoms with Gasteiger partial charge in [-0.3, -0.25) is 0 Å². The maximum atomic E-state index is 13.3. The van der Waals surface area contributed by atoms with Crippen molar-refractivity contribution in [1.82, 2.24) is 5.32 Å². The molecule has 0 saturated heterocycles. The number of hydrogen-bond donors (Lipinski definition) is 2. The van der Waals surface area contributed by atoms with Crippen LogP contribution in [0.1, 0.15) is 5.56 Å². The molecule has 0 unspecified atom stereocenters. The zero-order chi connectivity index (χ0) is 19.3. The largest absolute Gasteiger partial charge is 0.491 e. The topological polar surface area (TPSA) is 54.6 Å². The molecule has 0 radical (unpaired) electrons. The van der Waals surface area contributed by atoms with Gasteiger partial charge in [0.2, 0.25) is 0 Å². The molecule has 0 aliphatic heterocycles. The third kappa shape index (κ3) is 4.42. The van der Waals surface area contributed by atoms with Gasteiger partial charge in [-0.25, -0.2) is 4.39 Å². The third-order valence-electron chi connectivity index (χ3n) is 4.41. The first-order valence-electron chi connectivity index (χ1n) is 8.99. The number of rotatable bonds is 8. The standard InChI is InChI=1S/C22H20FNO3S/c23-18-3-6-21-17(9-18)12-27-22(21)16-1-4-20(5-2-16)26-13-19(25)11-24-10-15-7-8-28-14-15/h1-9,12,14,19,24-25H,10-11,13H2/t19-/m1/s1. The number of aliphatic hydroxyl groups excluding tert-OH is 1. The summed E-state index contributed by atoms with van der Waals surface area (Å²) in [5.41, 5.74) is 2.09. The van der Waals surface area contributed by atoms with Crippen LogP contribution in [0.4, 0.5) is 4.39 Å². The molecule has 4 rings (SSSR count). The Kier molecular flexibility index (Phi) is 5.71. The molecule has 1 atom stereocenters. The summed E-state index contributed by atoms with van der Waals surface area (Å²) in [6, 6.07) is 14.1. The molecule has 28 heavy (non-hydrogen) atoms. The van der Waals surface area contributed by atoms with Crippen LogP contribution in [0.5, 0.6) is 5.75 Å². The summed E-state index contributed by atoms with van der Waals surface area (Å²) in [5.74, 6) is 1.08. The molecule has 0 spiro atoms. The van der Waals surface area contributed by atoms with Crippen molar-refractivity contribution in [3.8, 4) is 17.1 Å². The van der Waals surface area contributed by atoms with Crippen molar-refractivity contribution in [3.05, 3.63) is 76.9 Å². The van der Waals surface area contributed by atoms with Crippen molar-refractivity contribution in [2.24, 2.45) is 0 Å². The minimum Gasteiger partial charge on any atom is -0.491 e. The van der Waals surface area contributed by atoms with Gasteiger partial charge in [-0.15, -0.1) is 0 Å². The smallest absolute Gasteiger partial charge is 0.141 e. The highest BCUT2D eigenvalue weighted by Crippen LogP contribution is 2.31. The molecule has 0 saturated carbocycles. The number of halogens is 1. The molecule has 0 fully saturated rings. The predicted octanol–water partition coefficient (Wildman–Crippen LogP) is 4.83. The lowest BCUT2D eigenvalue weighted by atomic mass is 10.1. The first-order valence-corrected chi connectivity index (χ1v) is 9.93. The van der Waals surface area contributed by atoms with Gasteiger partial charge < -0.3 is 19.6 Å². The van der Waals surface area contributed by atoms with Crippen molar-refractivity contribution < 1.29 is 18.7 Å². The molecule has 2 aromatic heterocycles. The van der Waals surface area contributed by atoms with Crippen molar-refractivity contribution in [2.45, 2.75) is 12.6 Å². The summed E-state index contributed by atoms with van der Waals surface area (Å²) in [7, 11) is 0. The predicted molar refractivity (Wildman–Crippen MR) is 109 cm³/mol. The van der Waals surface area contributed by atoms with Gasteiger partial charge in [0, 0.05) is 29.4 Å². The Labute approximate surface area is 166 Å². The van der Waals surface area contributed by atoms with Gasteiger partial charge in [-0.05, 0) is 64.9 Å². The Morgan fingerprint density at radius 1 is 1.14 bits per heavy atom. The van der Waals surface area contributed by atoms with Crippen LogP contribution in [0.2, 0.25) is 0 Å². The van der Waals surface area contributed by atoms with Crippen LogP contribution in [0.25, 0.3) is 22.1 Å². The second-order valence-corrected chi connectivity index (χ2v) is 7.33. The Morgan fingerprint density at radius 2 is 2.00 bits per heavy atom. The van der Waals surface area contributed by atoms with Crippen LogP contribution in [-0.2, 0) is 6.54 Å². The lowest BCUT2D eigenvalue weighted by molar-refractivity contribution is 0.106. The van der Waals surface area contributed by atoms with Crippen LogP contribution < -0.4 is 10.1 Å². The molecule has 6 heteroatoms. The Hall–Kier alpha value is -2.67. The molecule has 144 valence electrons. The van der Waals surface area contributed by atoms with Crippen molar-refractivity contribution >= 4 is 22.1 Å². The number of fused-ring (bicyclic) bond motifs is 1. The SMILES string of the molecule is O[C@H](CNCc1ccsc1)COc1ccc(-c2occ3cc(F)ccc23)cc1. The Balaban J connectivity index is 1.31. The lowest BCUT2D eigenvalue weighted by Gasteiger charge is -2.13.